The van der Waals surface area contributed by atoms with Crippen molar-refractivity contribution in [1.29, 1.82) is 0 Å². The van der Waals surface area contributed by atoms with Crippen LogP contribution in [0.1, 0.15) is 23.2 Å². The molecule has 0 aromatic carbocycles. The molecular formula is C14H20N2O3S. The molecule has 1 aromatic heterocycles. The highest BCUT2D eigenvalue weighted by molar-refractivity contribution is 7.99. The van der Waals surface area contributed by atoms with Gasteiger partial charge >= 0.3 is 0 Å². The summed E-state index contributed by atoms with van der Waals surface area (Å²) in [5.41, 5.74) is -0.0619. The summed E-state index contributed by atoms with van der Waals surface area (Å²) in [4.78, 5) is 23.7. The molecule has 0 unspecified atom stereocenters. The largest absolute Gasteiger partial charge is 0.381 e. The minimum Gasteiger partial charge on any atom is -0.381 e. The third-order valence-corrected chi connectivity index (χ3v) is 4.66. The van der Waals surface area contributed by atoms with Gasteiger partial charge in [-0.25, -0.2) is 0 Å². The van der Waals surface area contributed by atoms with E-state index in [-0.39, 0.29) is 17.0 Å². The minimum absolute atomic E-state index is 0.200. The van der Waals surface area contributed by atoms with E-state index in [1.54, 1.807) is 25.4 Å². The molecule has 0 saturated carbocycles. The van der Waals surface area contributed by atoms with Gasteiger partial charge in [-0.2, -0.15) is 11.8 Å². The molecule has 1 fully saturated rings. The van der Waals surface area contributed by atoms with E-state index in [1.165, 1.54) is 4.57 Å². The zero-order valence-corrected chi connectivity index (χ0v) is 12.4. The van der Waals surface area contributed by atoms with E-state index in [2.05, 4.69) is 5.32 Å². The van der Waals surface area contributed by atoms with Crippen LogP contribution < -0.4 is 10.9 Å². The van der Waals surface area contributed by atoms with E-state index in [9.17, 15) is 9.59 Å². The van der Waals surface area contributed by atoms with Gasteiger partial charge in [-0.05, 0) is 25.0 Å². The van der Waals surface area contributed by atoms with Crippen LogP contribution in [-0.2, 0) is 11.8 Å². The summed E-state index contributed by atoms with van der Waals surface area (Å²) in [5, 5.41) is 3.43. The van der Waals surface area contributed by atoms with E-state index < -0.39 is 0 Å². The summed E-state index contributed by atoms with van der Waals surface area (Å²) >= 11 is 1.86. The monoisotopic (exact) mass is 296 g/mol. The van der Waals surface area contributed by atoms with Crippen molar-refractivity contribution in [2.75, 3.05) is 25.5 Å². The zero-order chi connectivity index (χ0) is 14.4. The van der Waals surface area contributed by atoms with Crippen LogP contribution in [0.15, 0.2) is 23.1 Å². The Hall–Kier alpha value is -1.27. The standard InChI is InChI=1S/C14H20N2O3S/c1-16-7-2-3-12(14(16)18)13(17)15-6-10-20-11-4-8-19-9-5-11/h2-3,7,11H,4-6,8-10H2,1H3,(H,15,17). The second-order valence-corrected chi connectivity index (χ2v) is 6.18. The highest BCUT2D eigenvalue weighted by atomic mass is 32.2. The molecule has 20 heavy (non-hydrogen) atoms. The summed E-state index contributed by atoms with van der Waals surface area (Å²) in [6.07, 6.45) is 3.80. The Kier molecular flexibility index (Phi) is 5.67. The van der Waals surface area contributed by atoms with Crippen molar-refractivity contribution in [3.8, 4) is 0 Å². The SMILES string of the molecule is Cn1cccc(C(=O)NCCSC2CCOCC2)c1=O. The number of carbonyl (C=O) groups excluding carboxylic acids is 1. The van der Waals surface area contributed by atoms with Gasteiger partial charge in [0.15, 0.2) is 0 Å². The molecule has 1 amide bonds. The first-order valence-corrected chi connectivity index (χ1v) is 7.86. The van der Waals surface area contributed by atoms with E-state index in [1.807, 2.05) is 11.8 Å². The minimum atomic E-state index is -0.293. The highest BCUT2D eigenvalue weighted by Crippen LogP contribution is 2.21. The Morgan fingerprint density at radius 2 is 2.25 bits per heavy atom. The average molecular weight is 296 g/mol. The van der Waals surface area contributed by atoms with E-state index in [0.717, 1.165) is 31.8 Å². The maximum Gasteiger partial charge on any atom is 0.263 e. The summed E-state index contributed by atoms with van der Waals surface area (Å²) in [5.74, 6) is 0.572. The zero-order valence-electron chi connectivity index (χ0n) is 11.6. The first-order valence-electron chi connectivity index (χ1n) is 6.81. The van der Waals surface area contributed by atoms with Gasteiger partial charge in [0.05, 0.1) is 0 Å². The molecule has 5 nitrogen and oxygen atoms in total. The van der Waals surface area contributed by atoms with Crippen molar-refractivity contribution in [2.45, 2.75) is 18.1 Å². The number of aryl methyl sites for hydroxylation is 1. The molecule has 1 aliphatic rings. The maximum atomic E-state index is 11.9. The Morgan fingerprint density at radius 1 is 1.50 bits per heavy atom. The van der Waals surface area contributed by atoms with E-state index >= 15 is 0 Å². The van der Waals surface area contributed by atoms with Crippen LogP contribution in [0.25, 0.3) is 0 Å². The lowest BCUT2D eigenvalue weighted by molar-refractivity contribution is 0.0953. The molecule has 1 aliphatic heterocycles. The third-order valence-electron chi connectivity index (χ3n) is 3.28. The topological polar surface area (TPSA) is 60.3 Å². The fourth-order valence-electron chi connectivity index (χ4n) is 2.10. The lowest BCUT2D eigenvalue weighted by Gasteiger charge is -2.21. The van der Waals surface area contributed by atoms with Crippen molar-refractivity contribution >= 4 is 17.7 Å². The predicted octanol–water partition coefficient (Wildman–Crippen LogP) is 1.03. The van der Waals surface area contributed by atoms with Crippen LogP contribution >= 0.6 is 11.8 Å². The third kappa shape index (κ3) is 4.11. The molecule has 2 rings (SSSR count). The summed E-state index contributed by atoms with van der Waals surface area (Å²) in [6, 6.07) is 3.26. The summed E-state index contributed by atoms with van der Waals surface area (Å²) in [7, 11) is 1.64. The van der Waals surface area contributed by atoms with Gasteiger partial charge in [-0.3, -0.25) is 9.59 Å². The molecule has 0 atom stereocenters. The number of hydrogen-bond acceptors (Lipinski definition) is 4. The van der Waals surface area contributed by atoms with Crippen molar-refractivity contribution < 1.29 is 9.53 Å². The second-order valence-electron chi connectivity index (χ2n) is 4.78. The quantitative estimate of drug-likeness (QED) is 0.824. The van der Waals surface area contributed by atoms with Crippen molar-refractivity contribution in [3.05, 3.63) is 34.2 Å². The number of aromatic nitrogens is 1. The lowest BCUT2D eigenvalue weighted by Crippen LogP contribution is -2.33. The van der Waals surface area contributed by atoms with Crippen LogP contribution in [-0.4, -0.2) is 41.2 Å². The molecule has 1 aromatic rings. The number of nitrogens with zero attached hydrogens (tertiary/aromatic N) is 1. The van der Waals surface area contributed by atoms with Gasteiger partial charge in [-0.1, -0.05) is 0 Å². The molecule has 0 bridgehead atoms. The highest BCUT2D eigenvalue weighted by Gasteiger charge is 2.14. The first-order chi connectivity index (χ1) is 9.68. The normalized spacial score (nSPS) is 16.1. The van der Waals surface area contributed by atoms with Crippen LogP contribution in [0.2, 0.25) is 0 Å². The van der Waals surface area contributed by atoms with Crippen molar-refractivity contribution in [2.24, 2.45) is 7.05 Å². The Morgan fingerprint density at radius 3 is 3.00 bits per heavy atom. The van der Waals surface area contributed by atoms with Gasteiger partial charge in [-0.15, -0.1) is 0 Å². The lowest BCUT2D eigenvalue weighted by atomic mass is 10.2. The number of rotatable bonds is 5. The predicted molar refractivity (Wildman–Crippen MR) is 80.3 cm³/mol. The fraction of sp³-hybridized carbons (Fsp3) is 0.571. The molecule has 0 spiro atoms. The molecule has 1 saturated heterocycles. The van der Waals surface area contributed by atoms with Crippen LogP contribution in [0.3, 0.4) is 0 Å². The van der Waals surface area contributed by atoms with Gasteiger partial charge in [0.2, 0.25) is 0 Å². The number of thioether (sulfide) groups is 1. The number of nitrogens with one attached hydrogen (secondary N) is 1. The van der Waals surface area contributed by atoms with Gasteiger partial charge in [0, 0.05) is 44.0 Å². The first kappa shape index (κ1) is 15.1. The van der Waals surface area contributed by atoms with E-state index in [0.29, 0.717) is 11.8 Å². The Bertz CT molecular complexity index is 509. The fourth-order valence-corrected chi connectivity index (χ4v) is 3.18. The molecule has 0 aliphatic carbocycles. The number of pyridine rings is 1. The summed E-state index contributed by atoms with van der Waals surface area (Å²) < 4.78 is 6.71. The molecule has 6 heteroatoms. The van der Waals surface area contributed by atoms with Crippen LogP contribution in [0, 0.1) is 0 Å². The molecular weight excluding hydrogens is 276 g/mol. The number of hydrogen-bond donors (Lipinski definition) is 1. The van der Waals surface area contributed by atoms with Crippen LogP contribution in [0.5, 0.6) is 0 Å². The van der Waals surface area contributed by atoms with Crippen molar-refractivity contribution in [3.63, 3.8) is 0 Å². The second kappa shape index (κ2) is 7.50. The number of carbonyl (C=O) groups is 1. The Labute approximate surface area is 122 Å². The Balaban J connectivity index is 1.75. The van der Waals surface area contributed by atoms with Gasteiger partial charge in [0.25, 0.3) is 11.5 Å². The van der Waals surface area contributed by atoms with Crippen LogP contribution in [0.4, 0.5) is 0 Å². The maximum absolute atomic E-state index is 11.9. The smallest absolute Gasteiger partial charge is 0.263 e. The average Bonchev–Trinajstić information content (AvgIpc) is 2.47. The molecule has 0 radical (unpaired) electrons. The number of ether oxygens (including phenoxy) is 1. The number of amides is 1. The molecule has 110 valence electrons. The van der Waals surface area contributed by atoms with E-state index in [4.69, 9.17) is 4.74 Å². The molecule has 2 heterocycles. The van der Waals surface area contributed by atoms with Gasteiger partial charge < -0.3 is 14.6 Å². The van der Waals surface area contributed by atoms with Gasteiger partial charge in [0.1, 0.15) is 5.56 Å². The van der Waals surface area contributed by atoms with Crippen molar-refractivity contribution in [1.82, 2.24) is 9.88 Å². The molecule has 1 N–H and O–H groups in total. The summed E-state index contributed by atoms with van der Waals surface area (Å²) in [6.45, 7) is 2.26.